The van der Waals surface area contributed by atoms with Crippen molar-refractivity contribution >= 4 is 37.8 Å². The zero-order valence-corrected chi connectivity index (χ0v) is 14.7. The molecule has 2 aromatic rings. The molecule has 24 heavy (non-hydrogen) atoms. The monoisotopic (exact) mass is 474 g/mol. The van der Waals surface area contributed by atoms with Crippen LogP contribution in [0.25, 0.3) is 0 Å². The Hall–Kier alpha value is -1.81. The van der Waals surface area contributed by atoms with E-state index in [-0.39, 0.29) is 14.7 Å². The van der Waals surface area contributed by atoms with Crippen LogP contribution >= 0.6 is 31.9 Å². The van der Waals surface area contributed by atoms with Gasteiger partial charge in [-0.05, 0) is 44.0 Å². The minimum absolute atomic E-state index is 0.0185. The lowest BCUT2D eigenvalue weighted by atomic mass is 10.3. The summed E-state index contributed by atoms with van der Waals surface area (Å²) in [6.45, 7) is -0.679. The number of carboxylic acids is 1. The van der Waals surface area contributed by atoms with Gasteiger partial charge in [-0.15, -0.1) is 0 Å². The Bertz CT molecular complexity index is 710. The maximum atomic E-state index is 13.0. The van der Waals surface area contributed by atoms with Gasteiger partial charge >= 0.3 is 5.97 Å². The van der Waals surface area contributed by atoms with E-state index in [1.807, 2.05) is 0 Å². The summed E-state index contributed by atoms with van der Waals surface area (Å²) in [7, 11) is 0. The molecule has 0 unspecified atom stereocenters. The van der Waals surface area contributed by atoms with Gasteiger partial charge in [-0.3, -0.25) is 0 Å². The van der Waals surface area contributed by atoms with Gasteiger partial charge in [-0.2, -0.15) is 0 Å². The standard InChI is InChI=1S/C8H5BrF2O3.C6H3BrF2O/c9-5-1-4(10)2-6(11)8(5)14-3-7(12)13;7-4-1-3(8)2-5(9)6(4)10/h1-2H,3H2,(H,12,13);1-2,10H. The molecule has 0 heterocycles. The van der Waals surface area contributed by atoms with E-state index in [1.54, 1.807) is 0 Å². The van der Waals surface area contributed by atoms with Crippen LogP contribution in [-0.2, 0) is 4.79 Å². The average Bonchev–Trinajstić information content (AvgIpc) is 2.43. The fourth-order valence-corrected chi connectivity index (χ4v) is 2.27. The SMILES string of the molecule is O=C(O)COc1c(F)cc(F)cc1Br.Oc1c(F)cc(F)cc1Br. The number of aliphatic carboxylic acids is 1. The number of ether oxygens (including phenoxy) is 1. The predicted molar refractivity (Wildman–Crippen MR) is 82.9 cm³/mol. The van der Waals surface area contributed by atoms with Crippen molar-refractivity contribution in [1.82, 2.24) is 0 Å². The lowest BCUT2D eigenvalue weighted by Gasteiger charge is -2.06. The van der Waals surface area contributed by atoms with Gasteiger partial charge in [0, 0.05) is 12.1 Å². The lowest BCUT2D eigenvalue weighted by Crippen LogP contribution is -2.10. The van der Waals surface area contributed by atoms with Crippen molar-refractivity contribution in [2.75, 3.05) is 6.61 Å². The van der Waals surface area contributed by atoms with E-state index in [1.165, 1.54) is 0 Å². The number of halogens is 6. The molecule has 2 rings (SSSR count). The van der Waals surface area contributed by atoms with Crippen molar-refractivity contribution in [3.8, 4) is 11.5 Å². The molecular weight excluding hydrogens is 468 g/mol. The van der Waals surface area contributed by atoms with Gasteiger partial charge in [0.2, 0.25) is 0 Å². The first-order chi connectivity index (χ1) is 11.1. The summed E-state index contributed by atoms with van der Waals surface area (Å²) in [6.07, 6.45) is 0. The van der Waals surface area contributed by atoms with Crippen LogP contribution in [0.2, 0.25) is 0 Å². The maximum Gasteiger partial charge on any atom is 0.341 e. The number of carbonyl (C=O) groups is 1. The summed E-state index contributed by atoms with van der Waals surface area (Å²) in [5, 5.41) is 17.0. The van der Waals surface area contributed by atoms with E-state index < -0.39 is 41.6 Å². The second-order valence-corrected chi connectivity index (χ2v) is 5.81. The van der Waals surface area contributed by atoms with E-state index in [0.29, 0.717) is 12.1 Å². The third-order valence-electron chi connectivity index (χ3n) is 2.28. The highest BCUT2D eigenvalue weighted by atomic mass is 79.9. The molecule has 0 atom stereocenters. The van der Waals surface area contributed by atoms with E-state index in [0.717, 1.165) is 12.1 Å². The first kappa shape index (κ1) is 20.2. The normalized spacial score (nSPS) is 9.92. The average molecular weight is 476 g/mol. The summed E-state index contributed by atoms with van der Waals surface area (Å²) < 4.78 is 54.7. The summed E-state index contributed by atoms with van der Waals surface area (Å²) >= 11 is 5.62. The van der Waals surface area contributed by atoms with Gasteiger partial charge in [0.1, 0.15) is 11.6 Å². The topological polar surface area (TPSA) is 66.8 Å². The molecule has 130 valence electrons. The molecule has 0 aliphatic heterocycles. The van der Waals surface area contributed by atoms with Gasteiger partial charge in [0.05, 0.1) is 8.95 Å². The van der Waals surface area contributed by atoms with Crippen LogP contribution in [0.3, 0.4) is 0 Å². The molecule has 0 spiro atoms. The highest BCUT2D eigenvalue weighted by molar-refractivity contribution is 9.10. The number of hydrogen-bond donors (Lipinski definition) is 2. The van der Waals surface area contributed by atoms with Crippen LogP contribution in [0.1, 0.15) is 0 Å². The van der Waals surface area contributed by atoms with Crippen LogP contribution < -0.4 is 4.74 Å². The van der Waals surface area contributed by atoms with Crippen molar-refractivity contribution in [2.45, 2.75) is 0 Å². The molecule has 2 aromatic carbocycles. The van der Waals surface area contributed by atoms with Crippen molar-refractivity contribution in [3.05, 3.63) is 56.5 Å². The third-order valence-corrected chi connectivity index (χ3v) is 3.48. The maximum absolute atomic E-state index is 13.0. The van der Waals surface area contributed by atoms with Gasteiger partial charge in [-0.1, -0.05) is 0 Å². The van der Waals surface area contributed by atoms with Crippen LogP contribution in [0.5, 0.6) is 11.5 Å². The molecule has 0 saturated heterocycles. The number of rotatable bonds is 3. The van der Waals surface area contributed by atoms with Crippen molar-refractivity contribution < 1.29 is 37.3 Å². The molecule has 0 aliphatic carbocycles. The van der Waals surface area contributed by atoms with Crippen LogP contribution in [0.15, 0.2) is 33.2 Å². The molecule has 0 aliphatic rings. The van der Waals surface area contributed by atoms with Crippen LogP contribution in [0.4, 0.5) is 17.6 Å². The number of phenols is 1. The molecule has 0 bridgehead atoms. The molecule has 0 radical (unpaired) electrons. The zero-order chi connectivity index (χ0) is 18.4. The minimum atomic E-state index is -1.24. The highest BCUT2D eigenvalue weighted by Crippen LogP contribution is 2.29. The Labute approximate surface area is 149 Å². The third kappa shape index (κ3) is 6.00. The summed E-state index contributed by atoms with van der Waals surface area (Å²) in [4.78, 5) is 10.1. The number of benzene rings is 2. The Kier molecular flexibility index (Phi) is 7.49. The Balaban J connectivity index is 0.000000254. The van der Waals surface area contributed by atoms with Crippen LogP contribution in [-0.4, -0.2) is 22.8 Å². The number of carboxylic acid groups (broad SMARTS) is 1. The molecule has 0 saturated carbocycles. The summed E-state index contributed by atoms with van der Waals surface area (Å²) in [5.41, 5.74) is 0. The first-order valence-corrected chi connectivity index (χ1v) is 7.53. The van der Waals surface area contributed by atoms with E-state index in [2.05, 4.69) is 36.6 Å². The Morgan fingerprint density at radius 1 is 0.958 bits per heavy atom. The number of aromatic hydroxyl groups is 1. The summed E-state index contributed by atoms with van der Waals surface area (Å²) in [5.74, 6) is -5.51. The van der Waals surface area contributed by atoms with E-state index in [9.17, 15) is 22.4 Å². The largest absolute Gasteiger partial charge is 0.504 e. The zero-order valence-electron chi connectivity index (χ0n) is 11.5. The van der Waals surface area contributed by atoms with E-state index >= 15 is 0 Å². The second kappa shape index (κ2) is 8.88. The van der Waals surface area contributed by atoms with Crippen LogP contribution in [0, 0.1) is 23.3 Å². The fraction of sp³-hybridized carbons (Fsp3) is 0.0714. The fourth-order valence-electron chi connectivity index (χ4n) is 1.34. The van der Waals surface area contributed by atoms with E-state index in [4.69, 9.17) is 10.2 Å². The number of hydrogen-bond acceptors (Lipinski definition) is 3. The van der Waals surface area contributed by atoms with Crippen molar-refractivity contribution in [3.63, 3.8) is 0 Å². The quantitative estimate of drug-likeness (QED) is 0.635. The smallest absolute Gasteiger partial charge is 0.341 e. The molecule has 2 N–H and O–H groups in total. The molecule has 0 fully saturated rings. The Morgan fingerprint density at radius 3 is 1.92 bits per heavy atom. The second-order valence-electron chi connectivity index (χ2n) is 4.10. The summed E-state index contributed by atoms with van der Waals surface area (Å²) in [6, 6.07) is 3.20. The van der Waals surface area contributed by atoms with Gasteiger partial charge in [-0.25, -0.2) is 22.4 Å². The molecular formula is C14H8Br2F4O4. The molecule has 4 nitrogen and oxygen atoms in total. The molecule has 10 heteroatoms. The van der Waals surface area contributed by atoms with Crippen molar-refractivity contribution in [2.24, 2.45) is 0 Å². The number of phenolic OH excluding ortho intramolecular Hbond substituents is 1. The van der Waals surface area contributed by atoms with Gasteiger partial charge < -0.3 is 14.9 Å². The van der Waals surface area contributed by atoms with Gasteiger partial charge in [0.15, 0.2) is 29.7 Å². The lowest BCUT2D eigenvalue weighted by molar-refractivity contribution is -0.139. The van der Waals surface area contributed by atoms with Crippen molar-refractivity contribution in [1.29, 1.82) is 0 Å². The minimum Gasteiger partial charge on any atom is -0.504 e. The van der Waals surface area contributed by atoms with Gasteiger partial charge in [0.25, 0.3) is 0 Å². The predicted octanol–water partition coefficient (Wildman–Crippen LogP) is 4.62. The Morgan fingerprint density at radius 2 is 1.46 bits per heavy atom. The molecule has 0 amide bonds. The first-order valence-electron chi connectivity index (χ1n) is 5.94. The molecule has 0 aromatic heterocycles. The highest BCUT2D eigenvalue weighted by Gasteiger charge is 2.12.